The van der Waals surface area contributed by atoms with E-state index in [1.807, 2.05) is 11.3 Å². The van der Waals surface area contributed by atoms with E-state index in [-0.39, 0.29) is 22.8 Å². The molecule has 0 heterocycles. The molecule has 138 valence electrons. The Morgan fingerprint density at radius 3 is 1.30 bits per heavy atom. The van der Waals surface area contributed by atoms with Crippen LogP contribution in [0.25, 0.3) is 0 Å². The average molecular weight is 341 g/mol. The quantitative estimate of drug-likeness (QED) is 0.438. The van der Waals surface area contributed by atoms with E-state index < -0.39 is 0 Å². The van der Waals surface area contributed by atoms with Gasteiger partial charge in [0.25, 0.3) is 0 Å². The second-order valence-corrected chi connectivity index (χ2v) is 9.74. The van der Waals surface area contributed by atoms with Gasteiger partial charge in [0.1, 0.15) is 0 Å². The molecule has 2 rings (SSSR count). The normalized spacial score (nSPS) is 22.2. The molecule has 0 unspecified atom stereocenters. The lowest BCUT2D eigenvalue weighted by Crippen LogP contribution is -2.10. The zero-order valence-corrected chi connectivity index (χ0v) is 15.4. The highest BCUT2D eigenvalue weighted by molar-refractivity contribution is 7.64. The average Bonchev–Trinajstić information content (AvgIpc) is 2.41. The van der Waals surface area contributed by atoms with Gasteiger partial charge in [0.15, 0.2) is 0 Å². The first kappa shape index (κ1) is 23.4. The van der Waals surface area contributed by atoms with Crippen molar-refractivity contribution in [1.82, 2.24) is 0 Å². The van der Waals surface area contributed by atoms with Crippen LogP contribution in [0.1, 0.15) is 125 Å². The van der Waals surface area contributed by atoms with Gasteiger partial charge in [0.05, 0.1) is 0 Å². The maximum absolute atomic E-state index is 2.37. The predicted molar refractivity (Wildman–Crippen MR) is 111 cm³/mol. The van der Waals surface area contributed by atoms with Crippen LogP contribution in [0.4, 0.5) is 0 Å². The summed E-state index contributed by atoms with van der Waals surface area (Å²) in [7, 11) is 0.173. The molecule has 2 radical (unpaired) electrons. The third-order valence-electron chi connectivity index (χ3n) is 5.36. The summed E-state index contributed by atoms with van der Waals surface area (Å²) < 4.78 is 0. The lowest BCUT2D eigenvalue weighted by molar-refractivity contribution is 0.542. The standard InChI is InChI=1S/C20H37P.2CH4/c1-2-3-18-21(19-14-10-6-4-7-11-15-19)20-16-12-8-5-9-13-17-20;;/h2-18H2,1H3;2*1H4. The Labute approximate surface area is 150 Å². The highest BCUT2D eigenvalue weighted by Crippen LogP contribution is 2.63. The summed E-state index contributed by atoms with van der Waals surface area (Å²) >= 11 is 0. The Morgan fingerprint density at radius 2 is 0.957 bits per heavy atom. The van der Waals surface area contributed by atoms with Crippen molar-refractivity contribution < 1.29 is 0 Å². The molecule has 1 heteroatoms. The number of unbranched alkanes of at least 4 members (excludes halogenated alkanes) is 1. The van der Waals surface area contributed by atoms with Gasteiger partial charge in [-0.25, -0.2) is 0 Å². The Kier molecular flexibility index (Phi) is 15.0. The van der Waals surface area contributed by atoms with Crippen LogP contribution in [-0.4, -0.2) is 6.16 Å². The fraction of sp³-hybridized carbons (Fsp3) is 0.909. The van der Waals surface area contributed by atoms with E-state index in [4.69, 9.17) is 0 Å². The Bertz CT molecular complexity index is 212. The summed E-state index contributed by atoms with van der Waals surface area (Å²) in [5, 5.41) is 0. The van der Waals surface area contributed by atoms with Crippen LogP contribution < -0.4 is 0 Å². The molecule has 0 atom stereocenters. The number of hydrogen-bond acceptors (Lipinski definition) is 0. The van der Waals surface area contributed by atoms with Gasteiger partial charge in [-0.15, -0.1) is 0 Å². The molecule has 0 aromatic heterocycles. The molecule has 0 aromatic carbocycles. The molecule has 2 fully saturated rings. The SMILES string of the molecule is C.C.CCCCP([C]1CCCCCCC1)[C]1CCCCCCC1. The van der Waals surface area contributed by atoms with Crippen LogP contribution in [0.2, 0.25) is 0 Å². The molecule has 2 aliphatic rings. The summed E-state index contributed by atoms with van der Waals surface area (Å²) in [5.41, 5.74) is 4.07. The molecule has 0 aliphatic heterocycles. The van der Waals surface area contributed by atoms with Crippen molar-refractivity contribution in [2.24, 2.45) is 0 Å². The van der Waals surface area contributed by atoms with Gasteiger partial charge < -0.3 is 0 Å². The van der Waals surface area contributed by atoms with Crippen molar-refractivity contribution in [3.05, 3.63) is 11.3 Å². The van der Waals surface area contributed by atoms with Gasteiger partial charge in [-0.3, -0.25) is 0 Å². The topological polar surface area (TPSA) is 0 Å². The van der Waals surface area contributed by atoms with Crippen LogP contribution in [-0.2, 0) is 0 Å². The maximum Gasteiger partial charge on any atom is 0.000663 e. The van der Waals surface area contributed by atoms with Gasteiger partial charge in [0.2, 0.25) is 0 Å². The summed E-state index contributed by atoms with van der Waals surface area (Å²) in [6.45, 7) is 2.37. The molecule has 0 nitrogen and oxygen atoms in total. The monoisotopic (exact) mass is 340 g/mol. The Balaban J connectivity index is 0.00000242. The molecule has 0 amide bonds. The molecular weight excluding hydrogens is 295 g/mol. The minimum atomic E-state index is 0. The molecule has 0 saturated heterocycles. The zero-order chi connectivity index (χ0) is 14.8. The van der Waals surface area contributed by atoms with E-state index in [2.05, 4.69) is 6.92 Å². The lowest BCUT2D eigenvalue weighted by atomic mass is 10.00. The summed E-state index contributed by atoms with van der Waals surface area (Å²) in [4.78, 5) is 0. The molecular formula is C22H45P. The highest BCUT2D eigenvalue weighted by atomic mass is 31.1. The molecule has 23 heavy (non-hydrogen) atoms. The van der Waals surface area contributed by atoms with Crippen molar-refractivity contribution in [2.75, 3.05) is 6.16 Å². The van der Waals surface area contributed by atoms with E-state index in [1.54, 1.807) is 0 Å². The third-order valence-corrected chi connectivity index (χ3v) is 8.54. The second-order valence-electron chi connectivity index (χ2n) is 7.17. The van der Waals surface area contributed by atoms with Crippen LogP contribution in [0.15, 0.2) is 0 Å². The summed E-state index contributed by atoms with van der Waals surface area (Å²) in [6, 6.07) is 0. The minimum absolute atomic E-state index is 0. The molecule has 0 aromatic rings. The third kappa shape index (κ3) is 8.90. The maximum atomic E-state index is 2.37. The van der Waals surface area contributed by atoms with Crippen molar-refractivity contribution >= 4 is 7.92 Å². The number of rotatable bonds is 5. The van der Waals surface area contributed by atoms with E-state index in [1.165, 1.54) is 109 Å². The smallest absolute Gasteiger partial charge is 0.000663 e. The second kappa shape index (κ2) is 14.7. The lowest BCUT2D eigenvalue weighted by Gasteiger charge is -2.36. The largest absolute Gasteiger partial charge is 0.0921 e. The molecule has 2 saturated carbocycles. The van der Waals surface area contributed by atoms with Crippen molar-refractivity contribution in [2.45, 2.75) is 125 Å². The van der Waals surface area contributed by atoms with Crippen molar-refractivity contribution in [3.8, 4) is 0 Å². The highest BCUT2D eigenvalue weighted by Gasteiger charge is 2.29. The van der Waals surface area contributed by atoms with Crippen LogP contribution in [0, 0.1) is 11.3 Å². The number of hydrogen-bond donors (Lipinski definition) is 0. The summed E-state index contributed by atoms with van der Waals surface area (Å²) in [5.74, 6) is 0. The Morgan fingerprint density at radius 1 is 0.609 bits per heavy atom. The van der Waals surface area contributed by atoms with E-state index >= 15 is 0 Å². The molecule has 2 aliphatic carbocycles. The summed E-state index contributed by atoms with van der Waals surface area (Å²) in [6.07, 6.45) is 25.3. The van der Waals surface area contributed by atoms with E-state index in [0.717, 1.165) is 0 Å². The van der Waals surface area contributed by atoms with E-state index in [0.29, 0.717) is 0 Å². The Hall–Kier alpha value is 0.430. The van der Waals surface area contributed by atoms with Crippen LogP contribution >= 0.6 is 7.92 Å². The minimum Gasteiger partial charge on any atom is -0.0921 e. The van der Waals surface area contributed by atoms with Crippen LogP contribution in [0.3, 0.4) is 0 Å². The first-order chi connectivity index (χ1) is 10.4. The van der Waals surface area contributed by atoms with Gasteiger partial charge in [-0.05, 0) is 38.3 Å². The van der Waals surface area contributed by atoms with E-state index in [9.17, 15) is 0 Å². The first-order valence-corrected chi connectivity index (χ1v) is 11.4. The van der Waals surface area contributed by atoms with Crippen LogP contribution in [0.5, 0.6) is 0 Å². The van der Waals surface area contributed by atoms with Gasteiger partial charge in [0, 0.05) is 11.3 Å². The first-order valence-electron chi connectivity index (χ1n) is 9.88. The fourth-order valence-electron chi connectivity index (χ4n) is 4.02. The molecule has 0 spiro atoms. The molecule has 0 N–H and O–H groups in total. The van der Waals surface area contributed by atoms with Gasteiger partial charge in [-0.2, -0.15) is 0 Å². The van der Waals surface area contributed by atoms with Crippen molar-refractivity contribution in [3.63, 3.8) is 0 Å². The van der Waals surface area contributed by atoms with Gasteiger partial charge in [-0.1, -0.05) is 100 Å². The zero-order valence-electron chi connectivity index (χ0n) is 14.5. The fourth-order valence-corrected chi connectivity index (χ4v) is 7.45. The molecule has 0 bridgehead atoms. The van der Waals surface area contributed by atoms with Gasteiger partial charge >= 0.3 is 0 Å². The van der Waals surface area contributed by atoms with Crippen molar-refractivity contribution in [1.29, 1.82) is 0 Å². The predicted octanol–water partition coefficient (Wildman–Crippen LogP) is 9.09.